The quantitative estimate of drug-likeness (QED) is 0.859. The number of hydrogen-bond donors (Lipinski definition) is 1. The molecular formula is C14H22BrNO2S. The van der Waals surface area contributed by atoms with Crippen LogP contribution in [0.4, 0.5) is 0 Å². The SMILES string of the molecule is Cc1cc([C@@H](C)N[C@@H](C)CCS(C)(=O)=O)ccc1Br. The number of benzene rings is 1. The van der Waals surface area contributed by atoms with Gasteiger partial charge in [-0.2, -0.15) is 0 Å². The fraction of sp³-hybridized carbons (Fsp3) is 0.571. The van der Waals surface area contributed by atoms with Crippen molar-refractivity contribution in [3.63, 3.8) is 0 Å². The van der Waals surface area contributed by atoms with Crippen LogP contribution in [0, 0.1) is 6.92 Å². The lowest BCUT2D eigenvalue weighted by atomic mass is 10.0. The van der Waals surface area contributed by atoms with Gasteiger partial charge in [-0.15, -0.1) is 0 Å². The van der Waals surface area contributed by atoms with E-state index in [0.29, 0.717) is 6.42 Å². The molecule has 0 fully saturated rings. The molecule has 3 nitrogen and oxygen atoms in total. The van der Waals surface area contributed by atoms with E-state index >= 15 is 0 Å². The van der Waals surface area contributed by atoms with Crippen molar-refractivity contribution in [1.29, 1.82) is 0 Å². The standard InChI is InChI=1S/C14H22BrNO2S/c1-10-9-13(5-6-14(10)15)12(3)16-11(2)7-8-19(4,17)18/h5-6,9,11-12,16H,7-8H2,1-4H3/t11-,12+/m0/s1. The molecule has 0 radical (unpaired) electrons. The summed E-state index contributed by atoms with van der Waals surface area (Å²) in [5.41, 5.74) is 2.42. The molecule has 0 aliphatic rings. The molecule has 0 aromatic heterocycles. The van der Waals surface area contributed by atoms with E-state index in [4.69, 9.17) is 0 Å². The molecule has 0 spiro atoms. The van der Waals surface area contributed by atoms with E-state index in [1.807, 2.05) is 13.0 Å². The Balaban J connectivity index is 2.58. The molecule has 0 aliphatic carbocycles. The van der Waals surface area contributed by atoms with Crippen molar-refractivity contribution >= 4 is 25.8 Å². The maximum absolute atomic E-state index is 11.1. The predicted molar refractivity (Wildman–Crippen MR) is 84.2 cm³/mol. The predicted octanol–water partition coefficient (Wildman–Crippen LogP) is 3.23. The average molecular weight is 348 g/mol. The van der Waals surface area contributed by atoms with Crippen LogP contribution in [0.2, 0.25) is 0 Å². The Kier molecular flexibility index (Phi) is 6.02. The summed E-state index contributed by atoms with van der Waals surface area (Å²) in [6.07, 6.45) is 1.92. The highest BCUT2D eigenvalue weighted by molar-refractivity contribution is 9.10. The number of rotatable bonds is 6. The fourth-order valence-electron chi connectivity index (χ4n) is 1.93. The van der Waals surface area contributed by atoms with Gasteiger partial charge in [0, 0.05) is 22.8 Å². The minimum absolute atomic E-state index is 0.175. The van der Waals surface area contributed by atoms with Crippen molar-refractivity contribution in [3.8, 4) is 0 Å². The van der Waals surface area contributed by atoms with Crippen LogP contribution in [0.25, 0.3) is 0 Å². The van der Waals surface area contributed by atoms with Gasteiger partial charge < -0.3 is 5.32 Å². The highest BCUT2D eigenvalue weighted by Crippen LogP contribution is 2.21. The Hall–Kier alpha value is -0.390. The van der Waals surface area contributed by atoms with Crippen molar-refractivity contribution < 1.29 is 8.42 Å². The highest BCUT2D eigenvalue weighted by Gasteiger charge is 2.12. The third-order valence-electron chi connectivity index (χ3n) is 3.14. The molecular weight excluding hydrogens is 326 g/mol. The summed E-state index contributed by atoms with van der Waals surface area (Å²) in [5.74, 6) is 0.229. The molecule has 19 heavy (non-hydrogen) atoms. The van der Waals surface area contributed by atoms with Gasteiger partial charge in [0.1, 0.15) is 9.84 Å². The Morgan fingerprint density at radius 1 is 1.32 bits per heavy atom. The van der Waals surface area contributed by atoms with Crippen LogP contribution in [0.15, 0.2) is 22.7 Å². The number of hydrogen-bond acceptors (Lipinski definition) is 3. The lowest BCUT2D eigenvalue weighted by molar-refractivity contribution is 0.468. The summed E-state index contributed by atoms with van der Waals surface area (Å²) in [6, 6.07) is 6.66. The van der Waals surface area contributed by atoms with E-state index in [9.17, 15) is 8.42 Å². The van der Waals surface area contributed by atoms with Gasteiger partial charge in [0.05, 0.1) is 5.75 Å². The van der Waals surface area contributed by atoms with E-state index in [2.05, 4.69) is 47.2 Å². The molecule has 2 atom stereocenters. The third-order valence-corrected chi connectivity index (χ3v) is 5.01. The molecule has 1 aromatic carbocycles. The van der Waals surface area contributed by atoms with Gasteiger partial charge in [-0.3, -0.25) is 0 Å². The van der Waals surface area contributed by atoms with Gasteiger partial charge >= 0.3 is 0 Å². The van der Waals surface area contributed by atoms with Gasteiger partial charge in [0.2, 0.25) is 0 Å². The van der Waals surface area contributed by atoms with Crippen LogP contribution in [0.1, 0.15) is 37.4 Å². The zero-order valence-corrected chi connectivity index (χ0v) is 14.3. The first-order valence-corrected chi connectivity index (χ1v) is 9.24. The summed E-state index contributed by atoms with van der Waals surface area (Å²) >= 11 is 3.49. The molecule has 5 heteroatoms. The first-order valence-electron chi connectivity index (χ1n) is 6.39. The summed E-state index contributed by atoms with van der Waals surface area (Å²) in [4.78, 5) is 0. The Labute approximate surface area is 124 Å². The maximum atomic E-state index is 11.1. The van der Waals surface area contributed by atoms with E-state index < -0.39 is 9.84 Å². The second-order valence-corrected chi connectivity index (χ2v) is 8.33. The molecule has 0 amide bonds. The molecule has 0 saturated heterocycles. The first kappa shape index (κ1) is 16.7. The topological polar surface area (TPSA) is 46.2 Å². The molecule has 1 N–H and O–H groups in total. The molecule has 0 unspecified atom stereocenters. The Bertz CT molecular complexity index is 528. The van der Waals surface area contributed by atoms with Crippen molar-refractivity contribution in [2.75, 3.05) is 12.0 Å². The first-order chi connectivity index (χ1) is 8.69. The summed E-state index contributed by atoms with van der Waals surface area (Å²) in [6.45, 7) is 6.18. The lowest BCUT2D eigenvalue weighted by Crippen LogP contribution is -2.30. The number of halogens is 1. The molecule has 0 aliphatic heterocycles. The molecule has 0 saturated carbocycles. The molecule has 0 bridgehead atoms. The van der Waals surface area contributed by atoms with Crippen LogP contribution >= 0.6 is 15.9 Å². The minimum atomic E-state index is -2.88. The van der Waals surface area contributed by atoms with Crippen LogP contribution in [-0.2, 0) is 9.84 Å². The van der Waals surface area contributed by atoms with Gasteiger partial charge in [0.15, 0.2) is 0 Å². The van der Waals surface area contributed by atoms with E-state index in [1.165, 1.54) is 17.4 Å². The van der Waals surface area contributed by atoms with Gasteiger partial charge in [-0.05, 0) is 44.4 Å². The number of sulfone groups is 1. The van der Waals surface area contributed by atoms with Gasteiger partial charge in [-0.1, -0.05) is 28.1 Å². The fourth-order valence-corrected chi connectivity index (χ4v) is 2.96. The highest BCUT2D eigenvalue weighted by atomic mass is 79.9. The van der Waals surface area contributed by atoms with Crippen molar-refractivity contribution in [2.45, 2.75) is 39.3 Å². The average Bonchev–Trinajstić information content (AvgIpc) is 2.29. The zero-order chi connectivity index (χ0) is 14.6. The Morgan fingerprint density at radius 3 is 2.47 bits per heavy atom. The summed E-state index contributed by atoms with van der Waals surface area (Å²) in [7, 11) is -2.88. The van der Waals surface area contributed by atoms with Crippen LogP contribution in [-0.4, -0.2) is 26.5 Å². The van der Waals surface area contributed by atoms with Gasteiger partial charge in [0.25, 0.3) is 0 Å². The minimum Gasteiger partial charge on any atom is -0.308 e. The lowest BCUT2D eigenvalue weighted by Gasteiger charge is -2.20. The third kappa shape index (κ3) is 6.06. The van der Waals surface area contributed by atoms with E-state index in [0.717, 1.165) is 4.47 Å². The van der Waals surface area contributed by atoms with Crippen LogP contribution < -0.4 is 5.32 Å². The maximum Gasteiger partial charge on any atom is 0.147 e. The number of nitrogens with one attached hydrogen (secondary N) is 1. The summed E-state index contributed by atoms with van der Waals surface area (Å²) < 4.78 is 23.4. The van der Waals surface area contributed by atoms with E-state index in [1.54, 1.807) is 0 Å². The second kappa shape index (κ2) is 6.86. The second-order valence-electron chi connectivity index (χ2n) is 5.22. The summed E-state index contributed by atoms with van der Waals surface area (Å²) in [5, 5.41) is 3.44. The van der Waals surface area contributed by atoms with Crippen LogP contribution in [0.3, 0.4) is 0 Å². The largest absolute Gasteiger partial charge is 0.308 e. The zero-order valence-electron chi connectivity index (χ0n) is 11.9. The molecule has 1 rings (SSSR count). The molecule has 1 aromatic rings. The van der Waals surface area contributed by atoms with Crippen LogP contribution in [0.5, 0.6) is 0 Å². The Morgan fingerprint density at radius 2 is 1.95 bits per heavy atom. The van der Waals surface area contributed by atoms with E-state index in [-0.39, 0.29) is 17.8 Å². The van der Waals surface area contributed by atoms with Crippen molar-refractivity contribution in [2.24, 2.45) is 0 Å². The van der Waals surface area contributed by atoms with Crippen molar-refractivity contribution in [1.82, 2.24) is 5.32 Å². The molecule has 0 heterocycles. The number of aryl methyl sites for hydroxylation is 1. The van der Waals surface area contributed by atoms with Gasteiger partial charge in [-0.25, -0.2) is 8.42 Å². The molecule has 108 valence electrons. The van der Waals surface area contributed by atoms with Crippen molar-refractivity contribution in [3.05, 3.63) is 33.8 Å². The normalized spacial score (nSPS) is 15.2. The monoisotopic (exact) mass is 347 g/mol. The smallest absolute Gasteiger partial charge is 0.147 e.